The molecule has 0 aromatic carbocycles. The highest BCUT2D eigenvalue weighted by atomic mass is 16.4. The van der Waals surface area contributed by atoms with Crippen LogP contribution in [-0.4, -0.2) is 23.2 Å². The van der Waals surface area contributed by atoms with Gasteiger partial charge in [-0.05, 0) is 25.2 Å². The van der Waals surface area contributed by atoms with E-state index >= 15 is 0 Å². The van der Waals surface area contributed by atoms with Gasteiger partial charge in [-0.3, -0.25) is 4.79 Å². The molecule has 0 saturated carbocycles. The van der Waals surface area contributed by atoms with E-state index in [1.807, 2.05) is 6.21 Å². The van der Waals surface area contributed by atoms with Gasteiger partial charge in [-0.15, -0.1) is 5.10 Å². The number of carboxylic acid groups (broad SMARTS) is 1. The average molecular weight is 268 g/mol. The molecule has 1 rings (SSSR count). The van der Waals surface area contributed by atoms with Crippen molar-refractivity contribution in [2.75, 3.05) is 0 Å². The zero-order chi connectivity index (χ0) is 15.0. The number of nitrogens with two attached hydrogens (primary N) is 2. The first-order chi connectivity index (χ1) is 8.73. The maximum Gasteiger partial charge on any atom is 0.300 e. The van der Waals surface area contributed by atoms with Gasteiger partial charge in [0.1, 0.15) is 0 Å². The fourth-order valence-electron chi connectivity index (χ4n) is 2.25. The molecule has 108 valence electrons. The summed E-state index contributed by atoms with van der Waals surface area (Å²) in [5, 5.41) is 14.9. The topological polar surface area (TPSA) is 114 Å². The summed E-state index contributed by atoms with van der Waals surface area (Å²) in [6.45, 7) is 7.70. The van der Waals surface area contributed by atoms with Crippen LogP contribution in [0.3, 0.4) is 0 Å². The molecule has 0 amide bonds. The molecule has 0 aliphatic heterocycles. The van der Waals surface area contributed by atoms with E-state index in [9.17, 15) is 0 Å². The van der Waals surface area contributed by atoms with Crippen LogP contribution in [0.25, 0.3) is 0 Å². The summed E-state index contributed by atoms with van der Waals surface area (Å²) in [7, 11) is 0. The largest absolute Gasteiger partial charge is 0.481 e. The van der Waals surface area contributed by atoms with E-state index in [1.54, 1.807) is 0 Å². The van der Waals surface area contributed by atoms with Crippen molar-refractivity contribution in [2.24, 2.45) is 39.4 Å². The van der Waals surface area contributed by atoms with Gasteiger partial charge in [0.2, 0.25) is 5.96 Å². The van der Waals surface area contributed by atoms with Crippen LogP contribution in [0, 0.1) is 17.8 Å². The number of hydrogen-bond acceptors (Lipinski definition) is 3. The highest BCUT2D eigenvalue weighted by Crippen LogP contribution is 2.32. The Morgan fingerprint density at radius 3 is 2.42 bits per heavy atom. The highest BCUT2D eigenvalue weighted by molar-refractivity contribution is 5.76. The molecule has 19 heavy (non-hydrogen) atoms. The summed E-state index contributed by atoms with van der Waals surface area (Å²) in [4.78, 5) is 9.00. The van der Waals surface area contributed by atoms with Gasteiger partial charge < -0.3 is 16.6 Å². The molecule has 0 fully saturated rings. The molecule has 0 radical (unpaired) electrons. The third-order valence-corrected chi connectivity index (χ3v) is 2.87. The summed E-state index contributed by atoms with van der Waals surface area (Å²) in [6, 6.07) is 0. The summed E-state index contributed by atoms with van der Waals surface area (Å²) in [5.41, 5.74) is 11.9. The third-order valence-electron chi connectivity index (χ3n) is 2.87. The Labute approximate surface area is 114 Å². The number of carboxylic acids is 1. The van der Waals surface area contributed by atoms with E-state index in [-0.39, 0.29) is 5.96 Å². The number of guanidine groups is 1. The molecule has 0 spiro atoms. The van der Waals surface area contributed by atoms with E-state index in [0.717, 1.165) is 13.3 Å². The Balaban J connectivity index is 0.000000711. The zero-order valence-corrected chi connectivity index (χ0v) is 12.0. The van der Waals surface area contributed by atoms with Crippen molar-refractivity contribution in [3.8, 4) is 0 Å². The second-order valence-electron chi connectivity index (χ2n) is 4.94. The molecule has 6 nitrogen and oxygen atoms in total. The van der Waals surface area contributed by atoms with Crippen molar-refractivity contribution in [3.63, 3.8) is 0 Å². The molecule has 0 aromatic heterocycles. The van der Waals surface area contributed by atoms with Crippen LogP contribution in [0.15, 0.2) is 21.9 Å². The quantitative estimate of drug-likeness (QED) is 0.305. The molecule has 0 heterocycles. The van der Waals surface area contributed by atoms with E-state index in [1.165, 1.54) is 5.57 Å². The Hall–Kier alpha value is -1.85. The fraction of sp³-hybridized carbons (Fsp3) is 0.615. The molecule has 0 bridgehead atoms. The van der Waals surface area contributed by atoms with Crippen LogP contribution in [0.5, 0.6) is 0 Å². The van der Waals surface area contributed by atoms with Crippen molar-refractivity contribution >= 4 is 18.1 Å². The monoisotopic (exact) mass is 268 g/mol. The lowest BCUT2D eigenvalue weighted by atomic mass is 9.76. The number of allylic oxidation sites excluding steroid dienone is 2. The molecular weight excluding hydrogens is 244 g/mol. The van der Waals surface area contributed by atoms with Gasteiger partial charge in [0.25, 0.3) is 5.97 Å². The smallest absolute Gasteiger partial charge is 0.300 e. The minimum Gasteiger partial charge on any atom is -0.481 e. The number of aliphatic carboxylic acids is 1. The average Bonchev–Trinajstić information content (AvgIpc) is 2.20. The predicted octanol–water partition coefficient (Wildman–Crippen LogP) is 1.57. The molecule has 5 N–H and O–H groups in total. The summed E-state index contributed by atoms with van der Waals surface area (Å²) in [6.07, 6.45) is 5.28. The van der Waals surface area contributed by atoms with Crippen molar-refractivity contribution < 1.29 is 9.90 Å². The van der Waals surface area contributed by atoms with Crippen LogP contribution >= 0.6 is 0 Å². The van der Waals surface area contributed by atoms with Gasteiger partial charge in [0, 0.05) is 19.1 Å². The first-order valence-corrected chi connectivity index (χ1v) is 6.23. The third kappa shape index (κ3) is 7.96. The van der Waals surface area contributed by atoms with E-state index in [2.05, 4.69) is 37.1 Å². The lowest BCUT2D eigenvalue weighted by molar-refractivity contribution is -0.134. The number of nitrogens with zero attached hydrogens (tertiary/aromatic N) is 2. The van der Waals surface area contributed by atoms with E-state index in [4.69, 9.17) is 21.4 Å². The van der Waals surface area contributed by atoms with Gasteiger partial charge in [-0.25, -0.2) is 0 Å². The molecule has 3 atom stereocenters. The van der Waals surface area contributed by atoms with Gasteiger partial charge in [0.05, 0.1) is 0 Å². The van der Waals surface area contributed by atoms with Crippen LogP contribution in [0.1, 0.15) is 34.1 Å². The van der Waals surface area contributed by atoms with Crippen molar-refractivity contribution in [3.05, 3.63) is 11.6 Å². The highest BCUT2D eigenvalue weighted by Gasteiger charge is 2.25. The predicted molar refractivity (Wildman–Crippen MR) is 77.8 cm³/mol. The first kappa shape index (κ1) is 17.2. The fourth-order valence-corrected chi connectivity index (χ4v) is 2.25. The number of rotatable bonds is 2. The SMILES string of the molecule is CC(=O)O.CC1=CC(C)C(C=NN=C(N)N)C(C)C1. The Bertz CT molecular complexity index is 380. The minimum atomic E-state index is -0.833. The lowest BCUT2D eigenvalue weighted by Crippen LogP contribution is -2.25. The maximum atomic E-state index is 9.00. The summed E-state index contributed by atoms with van der Waals surface area (Å²) < 4.78 is 0. The van der Waals surface area contributed by atoms with Gasteiger partial charge in [-0.2, -0.15) is 5.10 Å². The summed E-state index contributed by atoms with van der Waals surface area (Å²) in [5.74, 6) is 0.709. The standard InChI is InChI=1S/C11H20N4.C2H4O2/c1-7-4-8(2)10(9(3)5-7)6-14-15-11(12)13;1-2(3)4/h4,6,8-10H,5H2,1-3H3,(H4,12,13,15);1H3,(H,3,4). The maximum absolute atomic E-state index is 9.00. The lowest BCUT2D eigenvalue weighted by Gasteiger charge is -2.29. The van der Waals surface area contributed by atoms with E-state index < -0.39 is 5.97 Å². The van der Waals surface area contributed by atoms with Crippen LogP contribution in [0.2, 0.25) is 0 Å². The molecule has 0 saturated heterocycles. The number of hydrogen-bond donors (Lipinski definition) is 3. The molecular formula is C13H24N4O2. The molecule has 1 aliphatic rings. The number of carbonyl (C=O) groups is 1. The van der Waals surface area contributed by atoms with Gasteiger partial charge >= 0.3 is 0 Å². The molecule has 3 unspecified atom stereocenters. The van der Waals surface area contributed by atoms with Crippen molar-refractivity contribution in [2.45, 2.75) is 34.1 Å². The minimum absolute atomic E-state index is 0.00842. The Morgan fingerprint density at radius 1 is 1.47 bits per heavy atom. The van der Waals surface area contributed by atoms with Crippen molar-refractivity contribution in [1.29, 1.82) is 0 Å². The molecule has 0 aromatic rings. The zero-order valence-electron chi connectivity index (χ0n) is 12.0. The first-order valence-electron chi connectivity index (χ1n) is 6.23. The summed E-state index contributed by atoms with van der Waals surface area (Å²) >= 11 is 0. The normalized spacial score (nSPS) is 26.1. The van der Waals surface area contributed by atoms with Crippen LogP contribution in [0.4, 0.5) is 0 Å². The second-order valence-corrected chi connectivity index (χ2v) is 4.94. The Morgan fingerprint density at radius 2 is 2.00 bits per heavy atom. The van der Waals surface area contributed by atoms with Crippen LogP contribution < -0.4 is 11.5 Å². The van der Waals surface area contributed by atoms with Gasteiger partial charge in [0.15, 0.2) is 0 Å². The Kier molecular flexibility index (Phi) is 7.48. The van der Waals surface area contributed by atoms with Crippen molar-refractivity contribution in [1.82, 2.24) is 0 Å². The molecule has 6 heteroatoms. The van der Waals surface area contributed by atoms with Gasteiger partial charge in [-0.1, -0.05) is 25.5 Å². The molecule has 1 aliphatic carbocycles. The van der Waals surface area contributed by atoms with Crippen LogP contribution in [-0.2, 0) is 4.79 Å². The second kappa shape index (κ2) is 8.29. The van der Waals surface area contributed by atoms with E-state index in [0.29, 0.717) is 17.8 Å².